The monoisotopic (exact) mass is 274 g/mol. The van der Waals surface area contributed by atoms with Crippen LogP contribution in [0.25, 0.3) is 0 Å². The molecule has 1 aromatic carbocycles. The Kier molecular flexibility index (Phi) is 5.60. The van der Waals surface area contributed by atoms with Crippen molar-refractivity contribution >= 4 is 5.91 Å². The van der Waals surface area contributed by atoms with Crippen molar-refractivity contribution in [2.45, 2.75) is 45.6 Å². The molecule has 0 saturated carbocycles. The van der Waals surface area contributed by atoms with E-state index in [9.17, 15) is 4.79 Å². The molecule has 0 spiro atoms. The van der Waals surface area contributed by atoms with Gasteiger partial charge in [-0.3, -0.25) is 4.79 Å². The minimum absolute atomic E-state index is 0.248. The minimum atomic E-state index is 0.248. The first-order chi connectivity index (χ1) is 9.70. The molecule has 1 heterocycles. The number of rotatable bonds is 6. The van der Waals surface area contributed by atoms with E-state index in [1.807, 2.05) is 4.90 Å². The smallest absolute Gasteiger partial charge is 0.222 e. The zero-order chi connectivity index (χ0) is 14.4. The van der Waals surface area contributed by atoms with E-state index in [4.69, 9.17) is 0 Å². The van der Waals surface area contributed by atoms with Crippen LogP contribution in [-0.2, 0) is 4.79 Å². The maximum Gasteiger partial charge on any atom is 0.222 e. The van der Waals surface area contributed by atoms with E-state index < -0.39 is 0 Å². The molecule has 1 aliphatic rings. The van der Waals surface area contributed by atoms with Gasteiger partial charge in [-0.1, -0.05) is 36.8 Å². The molecule has 1 aromatic rings. The van der Waals surface area contributed by atoms with Crippen LogP contribution in [0.15, 0.2) is 24.3 Å². The van der Waals surface area contributed by atoms with Gasteiger partial charge in [-0.15, -0.1) is 0 Å². The van der Waals surface area contributed by atoms with E-state index in [0.29, 0.717) is 12.3 Å². The predicted molar refractivity (Wildman–Crippen MR) is 82.6 cm³/mol. The summed E-state index contributed by atoms with van der Waals surface area (Å²) in [5.41, 5.74) is 2.56. The molecule has 2 rings (SSSR count). The summed E-state index contributed by atoms with van der Waals surface area (Å²) in [6.45, 7) is 6.97. The van der Waals surface area contributed by atoms with E-state index in [0.717, 1.165) is 38.9 Å². The van der Waals surface area contributed by atoms with Crippen LogP contribution >= 0.6 is 0 Å². The summed E-state index contributed by atoms with van der Waals surface area (Å²) in [7, 11) is 0. The Morgan fingerprint density at radius 1 is 1.25 bits per heavy atom. The SMILES string of the molecule is CCCNC(CN1CCCCC1=O)c1ccc(C)cc1. The number of nitrogens with one attached hydrogen (secondary N) is 1. The molecule has 1 aliphatic heterocycles. The molecule has 0 aliphatic carbocycles. The number of nitrogens with zero attached hydrogens (tertiary/aromatic N) is 1. The van der Waals surface area contributed by atoms with Crippen LogP contribution < -0.4 is 5.32 Å². The highest BCUT2D eigenvalue weighted by Gasteiger charge is 2.22. The van der Waals surface area contributed by atoms with Crippen LogP contribution in [0.2, 0.25) is 0 Å². The molecule has 1 saturated heterocycles. The van der Waals surface area contributed by atoms with Crippen LogP contribution in [-0.4, -0.2) is 30.4 Å². The topological polar surface area (TPSA) is 32.3 Å². The Morgan fingerprint density at radius 3 is 2.65 bits per heavy atom. The highest BCUT2D eigenvalue weighted by atomic mass is 16.2. The lowest BCUT2D eigenvalue weighted by Gasteiger charge is -2.31. The molecule has 1 amide bonds. The highest BCUT2D eigenvalue weighted by Crippen LogP contribution is 2.19. The lowest BCUT2D eigenvalue weighted by molar-refractivity contribution is -0.133. The molecule has 1 atom stereocenters. The number of likely N-dealkylation sites (tertiary alicyclic amines) is 1. The van der Waals surface area contributed by atoms with Crippen LogP contribution in [0.3, 0.4) is 0 Å². The predicted octanol–water partition coefficient (Wildman–Crippen LogP) is 3.05. The summed E-state index contributed by atoms with van der Waals surface area (Å²) in [4.78, 5) is 14.0. The van der Waals surface area contributed by atoms with Crippen LogP contribution in [0.5, 0.6) is 0 Å². The standard InChI is InChI=1S/C17H26N2O/c1-3-11-18-16(15-9-7-14(2)8-10-15)13-19-12-5-4-6-17(19)20/h7-10,16,18H,3-6,11-13H2,1-2H3. The van der Waals surface area contributed by atoms with Gasteiger partial charge < -0.3 is 10.2 Å². The molecule has 1 N–H and O–H groups in total. The molecule has 3 nitrogen and oxygen atoms in total. The molecule has 1 unspecified atom stereocenters. The fourth-order valence-electron chi connectivity index (χ4n) is 2.68. The van der Waals surface area contributed by atoms with Gasteiger partial charge in [0.05, 0.1) is 0 Å². The fourth-order valence-corrected chi connectivity index (χ4v) is 2.68. The second-order valence-corrected chi connectivity index (χ2v) is 5.71. The van der Waals surface area contributed by atoms with Gasteiger partial charge in [0.1, 0.15) is 0 Å². The number of hydrogen-bond acceptors (Lipinski definition) is 2. The van der Waals surface area contributed by atoms with Gasteiger partial charge in [-0.25, -0.2) is 0 Å². The molecule has 20 heavy (non-hydrogen) atoms. The van der Waals surface area contributed by atoms with E-state index in [1.165, 1.54) is 11.1 Å². The fraction of sp³-hybridized carbons (Fsp3) is 0.588. The number of hydrogen-bond donors (Lipinski definition) is 1. The molecule has 0 aromatic heterocycles. The Labute approximate surface area is 122 Å². The maximum absolute atomic E-state index is 12.0. The molecule has 0 radical (unpaired) electrons. The number of benzene rings is 1. The van der Waals surface area contributed by atoms with Crippen molar-refractivity contribution in [2.24, 2.45) is 0 Å². The highest BCUT2D eigenvalue weighted by molar-refractivity contribution is 5.76. The average Bonchev–Trinajstić information content (AvgIpc) is 2.46. The summed E-state index contributed by atoms with van der Waals surface area (Å²) in [5.74, 6) is 0.312. The first kappa shape index (κ1) is 15.0. The molecular formula is C17H26N2O. The number of piperidine rings is 1. The molecule has 1 fully saturated rings. The summed E-state index contributed by atoms with van der Waals surface area (Å²) >= 11 is 0. The second kappa shape index (κ2) is 7.44. The van der Waals surface area contributed by atoms with Crippen molar-refractivity contribution in [3.63, 3.8) is 0 Å². The van der Waals surface area contributed by atoms with Crippen LogP contribution in [0.1, 0.15) is 49.8 Å². The average molecular weight is 274 g/mol. The number of carbonyl (C=O) groups excluding carboxylic acids is 1. The van der Waals surface area contributed by atoms with E-state index in [1.54, 1.807) is 0 Å². The number of carbonyl (C=O) groups is 1. The van der Waals surface area contributed by atoms with Gasteiger partial charge in [0.25, 0.3) is 0 Å². The first-order valence-electron chi connectivity index (χ1n) is 7.78. The zero-order valence-corrected chi connectivity index (χ0v) is 12.7. The van der Waals surface area contributed by atoms with Crippen molar-refractivity contribution in [3.05, 3.63) is 35.4 Å². The summed E-state index contributed by atoms with van der Waals surface area (Å²) in [5, 5.41) is 3.58. The van der Waals surface area contributed by atoms with Gasteiger partial charge >= 0.3 is 0 Å². The summed E-state index contributed by atoms with van der Waals surface area (Å²) < 4.78 is 0. The van der Waals surface area contributed by atoms with Crippen molar-refractivity contribution in [3.8, 4) is 0 Å². The summed E-state index contributed by atoms with van der Waals surface area (Å²) in [6, 6.07) is 8.90. The largest absolute Gasteiger partial charge is 0.341 e. The van der Waals surface area contributed by atoms with Gasteiger partial charge in [0.15, 0.2) is 0 Å². The Morgan fingerprint density at radius 2 is 2.00 bits per heavy atom. The van der Waals surface area contributed by atoms with Gasteiger partial charge in [-0.05, 0) is 38.3 Å². The summed E-state index contributed by atoms with van der Waals surface area (Å²) in [6.07, 6.45) is 4.01. The van der Waals surface area contributed by atoms with Crippen molar-refractivity contribution in [1.82, 2.24) is 10.2 Å². The van der Waals surface area contributed by atoms with Crippen LogP contribution in [0.4, 0.5) is 0 Å². The molecular weight excluding hydrogens is 248 g/mol. The minimum Gasteiger partial charge on any atom is -0.341 e. The van der Waals surface area contributed by atoms with Crippen molar-refractivity contribution in [2.75, 3.05) is 19.6 Å². The zero-order valence-electron chi connectivity index (χ0n) is 12.7. The van der Waals surface area contributed by atoms with Crippen LogP contribution in [0, 0.1) is 6.92 Å². The normalized spacial score (nSPS) is 17.3. The second-order valence-electron chi connectivity index (χ2n) is 5.71. The maximum atomic E-state index is 12.0. The van der Waals surface area contributed by atoms with E-state index in [-0.39, 0.29) is 6.04 Å². The Balaban J connectivity index is 2.06. The van der Waals surface area contributed by atoms with Crippen molar-refractivity contribution in [1.29, 1.82) is 0 Å². The number of amides is 1. The Bertz CT molecular complexity index is 427. The van der Waals surface area contributed by atoms with E-state index >= 15 is 0 Å². The van der Waals surface area contributed by atoms with E-state index in [2.05, 4.69) is 43.4 Å². The first-order valence-corrected chi connectivity index (χ1v) is 7.78. The number of aryl methyl sites for hydroxylation is 1. The lowest BCUT2D eigenvalue weighted by Crippen LogP contribution is -2.41. The quantitative estimate of drug-likeness (QED) is 0.864. The third-order valence-electron chi connectivity index (χ3n) is 3.94. The Hall–Kier alpha value is -1.35. The van der Waals surface area contributed by atoms with Gasteiger partial charge in [0.2, 0.25) is 5.91 Å². The lowest BCUT2D eigenvalue weighted by atomic mass is 10.0. The third-order valence-corrected chi connectivity index (χ3v) is 3.94. The third kappa shape index (κ3) is 4.07. The molecule has 0 bridgehead atoms. The van der Waals surface area contributed by atoms with Gasteiger partial charge in [0, 0.05) is 25.6 Å². The van der Waals surface area contributed by atoms with Gasteiger partial charge in [-0.2, -0.15) is 0 Å². The molecule has 110 valence electrons. The van der Waals surface area contributed by atoms with Crippen molar-refractivity contribution < 1.29 is 4.79 Å². The molecule has 3 heteroatoms.